The topological polar surface area (TPSA) is 103 Å². The molecule has 1 aliphatic heterocycles. The molecule has 0 unspecified atom stereocenters. The molecule has 0 saturated carbocycles. The maximum Gasteiger partial charge on any atom is 0.342 e. The van der Waals surface area contributed by atoms with Gasteiger partial charge in [0.1, 0.15) is 17.1 Å². The number of piperidine rings is 1. The van der Waals surface area contributed by atoms with Crippen LogP contribution in [0.5, 0.6) is 0 Å². The van der Waals surface area contributed by atoms with Gasteiger partial charge in [-0.1, -0.05) is 0 Å². The minimum absolute atomic E-state index is 0.287. The van der Waals surface area contributed by atoms with Crippen LogP contribution in [0.4, 0.5) is 0 Å². The van der Waals surface area contributed by atoms with Gasteiger partial charge in [0.2, 0.25) is 5.91 Å². The quantitative estimate of drug-likeness (QED) is 0.828. The first-order valence-electron chi connectivity index (χ1n) is 7.19. The summed E-state index contributed by atoms with van der Waals surface area (Å²) in [5.74, 6) is -0.577. The zero-order valence-electron chi connectivity index (χ0n) is 12.8. The predicted octanol–water partition coefficient (Wildman–Crippen LogP) is 0.777. The summed E-state index contributed by atoms with van der Waals surface area (Å²) in [6, 6.07) is 1.58. The number of furan rings is 1. The zero-order valence-corrected chi connectivity index (χ0v) is 12.8. The highest BCUT2D eigenvalue weighted by Gasteiger charge is 2.27. The number of likely N-dealkylation sites (tertiary alicyclic amines) is 1. The average Bonchev–Trinajstić information content (AvgIpc) is 2.83. The Morgan fingerprint density at radius 3 is 2.73 bits per heavy atom. The van der Waals surface area contributed by atoms with Crippen LogP contribution in [0.2, 0.25) is 0 Å². The summed E-state index contributed by atoms with van der Waals surface area (Å²) < 4.78 is 10.3. The van der Waals surface area contributed by atoms with E-state index in [1.807, 2.05) is 0 Å². The molecule has 7 heteroatoms. The molecule has 1 aromatic heterocycles. The van der Waals surface area contributed by atoms with Gasteiger partial charge in [0.05, 0.1) is 5.92 Å². The molecular formula is C15H20N2O5. The van der Waals surface area contributed by atoms with Crippen molar-refractivity contribution in [3.8, 4) is 0 Å². The number of aryl methyl sites for hydroxylation is 2. The summed E-state index contributed by atoms with van der Waals surface area (Å²) in [5, 5.41) is 0. The largest absolute Gasteiger partial charge is 0.466 e. The second-order valence-corrected chi connectivity index (χ2v) is 5.48. The normalized spacial score (nSPS) is 18.1. The lowest BCUT2D eigenvalue weighted by Crippen LogP contribution is -2.45. The van der Waals surface area contributed by atoms with E-state index in [-0.39, 0.29) is 25.0 Å². The Kier molecular flexibility index (Phi) is 4.85. The van der Waals surface area contributed by atoms with Crippen molar-refractivity contribution in [3.05, 3.63) is 23.2 Å². The monoisotopic (exact) mass is 308 g/mol. The van der Waals surface area contributed by atoms with E-state index < -0.39 is 11.9 Å². The minimum atomic E-state index is -0.592. The Bertz CT molecular complexity index is 593. The van der Waals surface area contributed by atoms with E-state index in [4.69, 9.17) is 14.9 Å². The number of hydrogen-bond acceptors (Lipinski definition) is 5. The van der Waals surface area contributed by atoms with Gasteiger partial charge in [-0.3, -0.25) is 9.59 Å². The predicted molar refractivity (Wildman–Crippen MR) is 77.0 cm³/mol. The highest BCUT2D eigenvalue weighted by molar-refractivity contribution is 5.92. The van der Waals surface area contributed by atoms with Crippen LogP contribution in [0.1, 0.15) is 34.7 Å². The highest BCUT2D eigenvalue weighted by Crippen LogP contribution is 2.17. The summed E-state index contributed by atoms with van der Waals surface area (Å²) in [6.45, 7) is 3.87. The van der Waals surface area contributed by atoms with E-state index in [1.165, 1.54) is 4.90 Å². The SMILES string of the molecule is Cc1cc(C(=O)OCC(=O)N2CCC[C@@H](C(N)=O)C2)c(C)o1. The number of esters is 1. The van der Waals surface area contributed by atoms with Crippen molar-refractivity contribution >= 4 is 17.8 Å². The van der Waals surface area contributed by atoms with Gasteiger partial charge in [-0.25, -0.2) is 4.79 Å². The van der Waals surface area contributed by atoms with Gasteiger partial charge >= 0.3 is 5.97 Å². The number of nitrogens with zero attached hydrogens (tertiary/aromatic N) is 1. The third kappa shape index (κ3) is 3.66. The Hall–Kier alpha value is -2.31. The van der Waals surface area contributed by atoms with Crippen molar-refractivity contribution in [1.29, 1.82) is 0 Å². The molecule has 120 valence electrons. The molecule has 1 saturated heterocycles. The smallest absolute Gasteiger partial charge is 0.342 e. The molecule has 2 heterocycles. The van der Waals surface area contributed by atoms with Crippen LogP contribution in [0.15, 0.2) is 10.5 Å². The van der Waals surface area contributed by atoms with Crippen LogP contribution in [-0.2, 0) is 14.3 Å². The molecular weight excluding hydrogens is 288 g/mol. The Labute approximate surface area is 128 Å². The van der Waals surface area contributed by atoms with Crippen molar-refractivity contribution in [2.75, 3.05) is 19.7 Å². The number of ether oxygens (including phenoxy) is 1. The van der Waals surface area contributed by atoms with E-state index in [0.29, 0.717) is 36.5 Å². The molecule has 1 aromatic rings. The lowest BCUT2D eigenvalue weighted by molar-refractivity contribution is -0.137. The Morgan fingerprint density at radius 1 is 1.41 bits per heavy atom. The second-order valence-electron chi connectivity index (χ2n) is 5.48. The van der Waals surface area contributed by atoms with E-state index in [1.54, 1.807) is 19.9 Å². The summed E-state index contributed by atoms with van der Waals surface area (Å²) in [4.78, 5) is 36.7. The molecule has 0 aromatic carbocycles. The van der Waals surface area contributed by atoms with Crippen molar-refractivity contribution in [2.45, 2.75) is 26.7 Å². The third-order valence-electron chi connectivity index (χ3n) is 3.76. The van der Waals surface area contributed by atoms with E-state index in [0.717, 1.165) is 0 Å². The van der Waals surface area contributed by atoms with Crippen molar-refractivity contribution in [1.82, 2.24) is 4.90 Å². The number of hydrogen-bond donors (Lipinski definition) is 1. The molecule has 0 bridgehead atoms. The lowest BCUT2D eigenvalue weighted by Gasteiger charge is -2.31. The molecule has 0 radical (unpaired) electrons. The van der Waals surface area contributed by atoms with Crippen LogP contribution >= 0.6 is 0 Å². The van der Waals surface area contributed by atoms with Gasteiger partial charge < -0.3 is 19.8 Å². The number of amides is 2. The van der Waals surface area contributed by atoms with Gasteiger partial charge in [0.15, 0.2) is 6.61 Å². The summed E-state index contributed by atoms with van der Waals surface area (Å²) in [5.41, 5.74) is 5.59. The first-order valence-corrected chi connectivity index (χ1v) is 7.19. The van der Waals surface area contributed by atoms with Crippen molar-refractivity contribution < 1.29 is 23.5 Å². The van der Waals surface area contributed by atoms with Crippen molar-refractivity contribution in [3.63, 3.8) is 0 Å². The highest BCUT2D eigenvalue weighted by atomic mass is 16.5. The van der Waals surface area contributed by atoms with Gasteiger partial charge in [-0.15, -0.1) is 0 Å². The standard InChI is InChI=1S/C15H20N2O5/c1-9-6-12(10(2)22-9)15(20)21-8-13(18)17-5-3-4-11(7-17)14(16)19/h6,11H,3-5,7-8H2,1-2H3,(H2,16,19)/t11-/m1/s1. The van der Waals surface area contributed by atoms with Crippen LogP contribution in [0.3, 0.4) is 0 Å². The zero-order chi connectivity index (χ0) is 16.3. The molecule has 0 spiro atoms. The second kappa shape index (κ2) is 6.64. The molecule has 22 heavy (non-hydrogen) atoms. The number of carbonyl (C=O) groups is 3. The van der Waals surface area contributed by atoms with E-state index in [9.17, 15) is 14.4 Å². The summed E-state index contributed by atoms with van der Waals surface area (Å²) in [7, 11) is 0. The van der Waals surface area contributed by atoms with Crippen molar-refractivity contribution in [2.24, 2.45) is 11.7 Å². The van der Waals surface area contributed by atoms with Crippen LogP contribution in [-0.4, -0.2) is 42.4 Å². The number of nitrogens with two attached hydrogens (primary N) is 1. The lowest BCUT2D eigenvalue weighted by atomic mass is 9.97. The Balaban J connectivity index is 1.88. The molecule has 0 aliphatic carbocycles. The first-order chi connectivity index (χ1) is 10.4. The van der Waals surface area contributed by atoms with E-state index in [2.05, 4.69) is 0 Å². The number of rotatable bonds is 4. The fraction of sp³-hybridized carbons (Fsp3) is 0.533. The van der Waals surface area contributed by atoms with E-state index >= 15 is 0 Å². The molecule has 2 amide bonds. The molecule has 1 fully saturated rings. The van der Waals surface area contributed by atoms with Gasteiger partial charge in [-0.2, -0.15) is 0 Å². The van der Waals surface area contributed by atoms with Crippen LogP contribution in [0, 0.1) is 19.8 Å². The maximum atomic E-state index is 12.1. The maximum absolute atomic E-state index is 12.1. The molecule has 2 rings (SSSR count). The summed E-state index contributed by atoms with van der Waals surface area (Å²) >= 11 is 0. The fourth-order valence-electron chi connectivity index (χ4n) is 2.57. The molecule has 1 aliphatic rings. The van der Waals surface area contributed by atoms with Crippen LogP contribution in [0.25, 0.3) is 0 Å². The van der Waals surface area contributed by atoms with Crippen LogP contribution < -0.4 is 5.73 Å². The number of primary amides is 1. The fourth-order valence-corrected chi connectivity index (χ4v) is 2.57. The summed E-state index contributed by atoms with van der Waals surface area (Å²) in [6.07, 6.45) is 1.40. The van der Waals surface area contributed by atoms with Gasteiger partial charge in [0, 0.05) is 13.1 Å². The average molecular weight is 308 g/mol. The Morgan fingerprint density at radius 2 is 2.14 bits per heavy atom. The molecule has 2 N–H and O–H groups in total. The minimum Gasteiger partial charge on any atom is -0.466 e. The number of carbonyl (C=O) groups excluding carboxylic acids is 3. The third-order valence-corrected chi connectivity index (χ3v) is 3.76. The molecule has 1 atom stereocenters. The van der Waals surface area contributed by atoms with Gasteiger partial charge in [-0.05, 0) is 32.8 Å². The van der Waals surface area contributed by atoms with Gasteiger partial charge in [0.25, 0.3) is 5.91 Å². The first kappa shape index (κ1) is 16.1. The molecule has 7 nitrogen and oxygen atoms in total.